The van der Waals surface area contributed by atoms with Crippen LogP contribution in [0.5, 0.6) is 0 Å². The molecule has 1 aliphatic carbocycles. The number of hydrogen-bond donors (Lipinski definition) is 1. The monoisotopic (exact) mass is 252 g/mol. The number of nitrogens with one attached hydrogen (secondary N) is 1. The molecule has 1 saturated heterocycles. The third-order valence-electron chi connectivity index (χ3n) is 4.18. The van der Waals surface area contributed by atoms with Gasteiger partial charge in [-0.2, -0.15) is 0 Å². The minimum absolute atomic E-state index is 0.00400. The van der Waals surface area contributed by atoms with Crippen LogP contribution in [-0.4, -0.2) is 34.3 Å². The molecular weight excluding hydrogens is 228 g/mol. The standard InChI is InChI=1S/C14H24N2O2/c1-5-8-14(3,4)16-9(2)12(17)15-11(13(16)18)10-6-7-10/h9-11H,5-8H2,1-4H3,(H,15,17). The van der Waals surface area contributed by atoms with Gasteiger partial charge in [0.25, 0.3) is 0 Å². The molecule has 0 aromatic rings. The first-order valence-corrected chi connectivity index (χ1v) is 7.02. The van der Waals surface area contributed by atoms with E-state index in [9.17, 15) is 9.59 Å². The topological polar surface area (TPSA) is 49.4 Å². The van der Waals surface area contributed by atoms with E-state index < -0.39 is 0 Å². The van der Waals surface area contributed by atoms with Crippen molar-refractivity contribution in [1.82, 2.24) is 10.2 Å². The fraction of sp³-hybridized carbons (Fsp3) is 0.857. The molecule has 1 heterocycles. The Morgan fingerprint density at radius 1 is 1.33 bits per heavy atom. The molecule has 102 valence electrons. The van der Waals surface area contributed by atoms with Crippen molar-refractivity contribution in [3.63, 3.8) is 0 Å². The Bertz CT molecular complexity index is 361. The van der Waals surface area contributed by atoms with Gasteiger partial charge in [0, 0.05) is 5.54 Å². The lowest BCUT2D eigenvalue weighted by Crippen LogP contribution is -2.68. The van der Waals surface area contributed by atoms with E-state index in [1.54, 1.807) is 0 Å². The number of carbonyl (C=O) groups excluding carboxylic acids is 2. The van der Waals surface area contributed by atoms with Crippen LogP contribution in [0.1, 0.15) is 53.4 Å². The van der Waals surface area contributed by atoms with Crippen molar-refractivity contribution < 1.29 is 9.59 Å². The van der Waals surface area contributed by atoms with E-state index in [4.69, 9.17) is 0 Å². The van der Waals surface area contributed by atoms with Crippen molar-refractivity contribution in [1.29, 1.82) is 0 Å². The van der Waals surface area contributed by atoms with E-state index in [-0.39, 0.29) is 29.4 Å². The summed E-state index contributed by atoms with van der Waals surface area (Å²) in [5, 5.41) is 2.89. The van der Waals surface area contributed by atoms with Gasteiger partial charge in [0.2, 0.25) is 11.8 Å². The van der Waals surface area contributed by atoms with Crippen molar-refractivity contribution in [3.8, 4) is 0 Å². The predicted octanol–water partition coefficient (Wildman–Crippen LogP) is 1.69. The molecule has 1 N–H and O–H groups in total. The van der Waals surface area contributed by atoms with Crippen molar-refractivity contribution in [3.05, 3.63) is 0 Å². The molecule has 18 heavy (non-hydrogen) atoms. The van der Waals surface area contributed by atoms with E-state index in [0.29, 0.717) is 5.92 Å². The molecule has 2 amide bonds. The second-order valence-corrected chi connectivity index (χ2v) is 6.27. The van der Waals surface area contributed by atoms with Gasteiger partial charge in [-0.25, -0.2) is 0 Å². The Labute approximate surface area is 109 Å². The number of rotatable bonds is 4. The smallest absolute Gasteiger partial charge is 0.246 e. The molecule has 1 aliphatic heterocycles. The largest absolute Gasteiger partial charge is 0.342 e. The highest BCUT2D eigenvalue weighted by Gasteiger charge is 2.49. The molecule has 2 unspecified atom stereocenters. The highest BCUT2D eigenvalue weighted by molar-refractivity contribution is 5.97. The van der Waals surface area contributed by atoms with Crippen LogP contribution in [0.3, 0.4) is 0 Å². The van der Waals surface area contributed by atoms with E-state index >= 15 is 0 Å². The molecule has 2 fully saturated rings. The third kappa shape index (κ3) is 2.25. The van der Waals surface area contributed by atoms with Gasteiger partial charge in [0.1, 0.15) is 12.1 Å². The molecule has 4 nitrogen and oxygen atoms in total. The molecule has 0 aromatic carbocycles. The van der Waals surface area contributed by atoms with Crippen LogP contribution in [0.15, 0.2) is 0 Å². The lowest BCUT2D eigenvalue weighted by Gasteiger charge is -2.47. The third-order valence-corrected chi connectivity index (χ3v) is 4.18. The van der Waals surface area contributed by atoms with Crippen molar-refractivity contribution in [2.75, 3.05) is 0 Å². The van der Waals surface area contributed by atoms with Gasteiger partial charge in [0.15, 0.2) is 0 Å². The van der Waals surface area contributed by atoms with Crippen molar-refractivity contribution >= 4 is 11.8 Å². The molecule has 0 aromatic heterocycles. The molecule has 2 atom stereocenters. The van der Waals surface area contributed by atoms with Gasteiger partial charge >= 0.3 is 0 Å². The molecule has 0 radical (unpaired) electrons. The summed E-state index contributed by atoms with van der Waals surface area (Å²) < 4.78 is 0. The molecule has 4 heteroatoms. The second-order valence-electron chi connectivity index (χ2n) is 6.27. The van der Waals surface area contributed by atoms with Crippen LogP contribution in [0.4, 0.5) is 0 Å². The zero-order valence-corrected chi connectivity index (χ0v) is 11.8. The maximum atomic E-state index is 12.6. The van der Waals surface area contributed by atoms with Gasteiger partial charge in [0.05, 0.1) is 0 Å². The SMILES string of the molecule is CCCC(C)(C)N1C(=O)C(C2CC2)NC(=O)C1C. The summed E-state index contributed by atoms with van der Waals surface area (Å²) in [6, 6.07) is -0.626. The minimum Gasteiger partial charge on any atom is -0.342 e. The molecule has 2 rings (SSSR count). The van der Waals surface area contributed by atoms with Crippen LogP contribution in [0, 0.1) is 5.92 Å². The van der Waals surface area contributed by atoms with Gasteiger partial charge < -0.3 is 10.2 Å². The molecular formula is C14H24N2O2. The quantitative estimate of drug-likeness (QED) is 0.827. The zero-order valence-electron chi connectivity index (χ0n) is 11.8. The number of nitrogens with zero attached hydrogens (tertiary/aromatic N) is 1. The maximum absolute atomic E-state index is 12.6. The van der Waals surface area contributed by atoms with Crippen LogP contribution < -0.4 is 5.32 Å². The summed E-state index contributed by atoms with van der Waals surface area (Å²) in [7, 11) is 0. The Hall–Kier alpha value is -1.06. The number of amides is 2. The number of carbonyl (C=O) groups is 2. The van der Waals surface area contributed by atoms with Gasteiger partial charge in [-0.15, -0.1) is 0 Å². The average Bonchev–Trinajstić information content (AvgIpc) is 3.07. The van der Waals surface area contributed by atoms with E-state index in [1.807, 2.05) is 11.8 Å². The van der Waals surface area contributed by atoms with Gasteiger partial charge in [-0.05, 0) is 46.0 Å². The van der Waals surface area contributed by atoms with Gasteiger partial charge in [-0.3, -0.25) is 9.59 Å². The second kappa shape index (κ2) is 4.56. The Balaban J connectivity index is 2.24. The van der Waals surface area contributed by atoms with E-state index in [1.165, 1.54) is 0 Å². The predicted molar refractivity (Wildman–Crippen MR) is 69.9 cm³/mol. The average molecular weight is 252 g/mol. The van der Waals surface area contributed by atoms with Crippen LogP contribution in [-0.2, 0) is 9.59 Å². The van der Waals surface area contributed by atoms with Crippen molar-refractivity contribution in [2.45, 2.75) is 71.0 Å². The summed E-state index contributed by atoms with van der Waals surface area (Å²) in [5.74, 6) is 0.479. The van der Waals surface area contributed by atoms with Crippen LogP contribution in [0.25, 0.3) is 0 Å². The summed E-state index contributed by atoms with van der Waals surface area (Å²) in [6.07, 6.45) is 4.06. The highest BCUT2D eigenvalue weighted by atomic mass is 16.2. The summed E-state index contributed by atoms with van der Waals surface area (Å²) >= 11 is 0. The van der Waals surface area contributed by atoms with Crippen LogP contribution >= 0.6 is 0 Å². The summed E-state index contributed by atoms with van der Waals surface area (Å²) in [4.78, 5) is 26.5. The van der Waals surface area contributed by atoms with Crippen molar-refractivity contribution in [2.24, 2.45) is 5.92 Å². The molecule has 1 saturated carbocycles. The fourth-order valence-corrected chi connectivity index (χ4v) is 3.10. The maximum Gasteiger partial charge on any atom is 0.246 e. The Kier molecular flexibility index (Phi) is 3.39. The van der Waals surface area contributed by atoms with E-state index in [0.717, 1.165) is 25.7 Å². The lowest BCUT2D eigenvalue weighted by atomic mass is 9.91. The lowest BCUT2D eigenvalue weighted by molar-refractivity contribution is -0.156. The first-order valence-electron chi connectivity index (χ1n) is 7.02. The fourth-order valence-electron chi connectivity index (χ4n) is 3.10. The number of piperazine rings is 1. The molecule has 0 bridgehead atoms. The zero-order chi connectivity index (χ0) is 13.5. The van der Waals surface area contributed by atoms with E-state index in [2.05, 4.69) is 26.1 Å². The summed E-state index contributed by atoms with van der Waals surface area (Å²) in [6.45, 7) is 8.06. The van der Waals surface area contributed by atoms with Gasteiger partial charge in [-0.1, -0.05) is 13.3 Å². The number of hydrogen-bond acceptors (Lipinski definition) is 2. The van der Waals surface area contributed by atoms with Crippen LogP contribution in [0.2, 0.25) is 0 Å². The Morgan fingerprint density at radius 3 is 2.44 bits per heavy atom. The highest BCUT2D eigenvalue weighted by Crippen LogP contribution is 2.37. The minimum atomic E-state index is -0.353. The molecule has 2 aliphatic rings. The molecule has 0 spiro atoms. The summed E-state index contributed by atoms with van der Waals surface area (Å²) in [5.41, 5.74) is -0.240. The Morgan fingerprint density at radius 2 is 1.94 bits per heavy atom. The first-order chi connectivity index (χ1) is 8.38. The first kappa shape index (κ1) is 13.4. The normalized spacial score (nSPS) is 29.4.